The summed E-state index contributed by atoms with van der Waals surface area (Å²) in [6.07, 6.45) is 1.90. The van der Waals surface area contributed by atoms with Crippen molar-refractivity contribution in [2.45, 2.75) is 6.04 Å². The summed E-state index contributed by atoms with van der Waals surface area (Å²) in [5, 5.41) is 3.42. The molecule has 2 aliphatic rings. The summed E-state index contributed by atoms with van der Waals surface area (Å²) >= 11 is 3.37. The highest BCUT2D eigenvalue weighted by Gasteiger charge is 2.42. The highest BCUT2D eigenvalue weighted by atomic mass is 79.9. The fraction of sp³-hybridized carbons (Fsp3) is 0.545. The van der Waals surface area contributed by atoms with Crippen molar-refractivity contribution in [3.63, 3.8) is 0 Å². The van der Waals surface area contributed by atoms with Crippen molar-refractivity contribution < 1.29 is 4.74 Å². The molecule has 1 unspecified atom stereocenters. The molecule has 0 bridgehead atoms. The lowest BCUT2D eigenvalue weighted by molar-refractivity contribution is 0.363. The van der Waals surface area contributed by atoms with Crippen LogP contribution in [0.2, 0.25) is 0 Å². The minimum absolute atomic E-state index is 0.646. The number of hydrogen-bond acceptors (Lipinski definition) is 4. The molecule has 0 radical (unpaired) electrons. The molecule has 2 saturated heterocycles. The standard InChI is InChI=1S/C11H14BrN3O/c1-16-10-2-8(4-14-11(10)12)15-6-7-3-13-5-9(7)15/h2,4,7,9,13H,3,5-6H2,1H3/t7-,9?/m0/s1. The molecule has 0 aliphatic carbocycles. The first kappa shape index (κ1) is 10.4. The first-order chi connectivity index (χ1) is 7.79. The number of nitrogens with zero attached hydrogens (tertiary/aromatic N) is 2. The second-order valence-electron chi connectivity index (χ2n) is 4.32. The Kier molecular flexibility index (Phi) is 2.52. The molecule has 0 spiro atoms. The molecule has 3 rings (SSSR count). The zero-order valence-corrected chi connectivity index (χ0v) is 10.7. The largest absolute Gasteiger partial charge is 0.494 e. The SMILES string of the molecule is COc1cc(N2C[C@@H]3CNCC32)cnc1Br. The average Bonchev–Trinajstić information content (AvgIpc) is 2.63. The molecule has 2 fully saturated rings. The molecule has 1 N–H and O–H groups in total. The number of aromatic nitrogens is 1. The quantitative estimate of drug-likeness (QED) is 0.830. The van der Waals surface area contributed by atoms with Gasteiger partial charge in [-0.3, -0.25) is 0 Å². The van der Waals surface area contributed by atoms with Gasteiger partial charge in [0.2, 0.25) is 0 Å². The maximum atomic E-state index is 5.26. The Morgan fingerprint density at radius 3 is 3.19 bits per heavy atom. The number of halogens is 1. The summed E-state index contributed by atoms with van der Waals surface area (Å²) in [7, 11) is 1.67. The first-order valence-electron chi connectivity index (χ1n) is 5.46. The Balaban J connectivity index is 1.84. The second-order valence-corrected chi connectivity index (χ2v) is 5.08. The molecule has 1 aromatic heterocycles. The molecule has 0 saturated carbocycles. The van der Waals surface area contributed by atoms with Crippen LogP contribution in [0.1, 0.15) is 0 Å². The van der Waals surface area contributed by atoms with Crippen LogP contribution in [0.25, 0.3) is 0 Å². The summed E-state index contributed by atoms with van der Waals surface area (Å²) in [4.78, 5) is 6.69. The number of methoxy groups -OCH3 is 1. The molecular weight excluding hydrogens is 270 g/mol. The van der Waals surface area contributed by atoms with Crippen molar-refractivity contribution in [3.05, 3.63) is 16.9 Å². The number of pyridine rings is 1. The van der Waals surface area contributed by atoms with Crippen LogP contribution in [-0.4, -0.2) is 37.8 Å². The summed E-state index contributed by atoms with van der Waals surface area (Å²) in [6, 6.07) is 2.69. The van der Waals surface area contributed by atoms with Gasteiger partial charge in [-0.2, -0.15) is 0 Å². The van der Waals surface area contributed by atoms with Gasteiger partial charge in [-0.05, 0) is 15.9 Å². The number of ether oxygens (including phenoxy) is 1. The zero-order valence-electron chi connectivity index (χ0n) is 9.11. The average molecular weight is 284 g/mol. The number of fused-ring (bicyclic) bond motifs is 1. The monoisotopic (exact) mass is 283 g/mol. The third-order valence-corrected chi connectivity index (χ3v) is 4.08. The van der Waals surface area contributed by atoms with Crippen molar-refractivity contribution in [2.75, 3.05) is 31.6 Å². The van der Waals surface area contributed by atoms with Crippen LogP contribution in [0.5, 0.6) is 5.75 Å². The van der Waals surface area contributed by atoms with Crippen LogP contribution in [0.3, 0.4) is 0 Å². The molecule has 3 heterocycles. The Hall–Kier alpha value is -0.810. The van der Waals surface area contributed by atoms with Crippen LogP contribution < -0.4 is 15.0 Å². The third-order valence-electron chi connectivity index (χ3n) is 3.48. The van der Waals surface area contributed by atoms with E-state index < -0.39 is 0 Å². The van der Waals surface area contributed by atoms with Gasteiger partial charge in [-0.1, -0.05) is 0 Å². The number of nitrogens with one attached hydrogen (secondary N) is 1. The van der Waals surface area contributed by atoms with Gasteiger partial charge in [0.25, 0.3) is 0 Å². The van der Waals surface area contributed by atoms with Crippen molar-refractivity contribution in [1.29, 1.82) is 0 Å². The lowest BCUT2D eigenvalue weighted by Crippen LogP contribution is -2.55. The molecular formula is C11H14BrN3O. The second kappa shape index (κ2) is 3.89. The Bertz CT molecular complexity index is 412. The van der Waals surface area contributed by atoms with E-state index in [4.69, 9.17) is 4.74 Å². The fourth-order valence-electron chi connectivity index (χ4n) is 2.53. The first-order valence-corrected chi connectivity index (χ1v) is 6.26. The van der Waals surface area contributed by atoms with Gasteiger partial charge in [0, 0.05) is 37.7 Å². The molecule has 2 aliphatic heterocycles. The van der Waals surface area contributed by atoms with Crippen LogP contribution in [-0.2, 0) is 0 Å². The molecule has 0 amide bonds. The van der Waals surface area contributed by atoms with Crippen LogP contribution in [0.15, 0.2) is 16.9 Å². The van der Waals surface area contributed by atoms with Gasteiger partial charge in [0.1, 0.15) is 4.60 Å². The topological polar surface area (TPSA) is 37.4 Å². The van der Waals surface area contributed by atoms with E-state index >= 15 is 0 Å². The minimum atomic E-state index is 0.646. The van der Waals surface area contributed by atoms with Crippen LogP contribution in [0, 0.1) is 5.92 Å². The summed E-state index contributed by atoms with van der Waals surface area (Å²) in [6.45, 7) is 3.37. The molecule has 16 heavy (non-hydrogen) atoms. The molecule has 5 heteroatoms. The maximum Gasteiger partial charge on any atom is 0.153 e. The van der Waals surface area contributed by atoms with Crippen LogP contribution in [0.4, 0.5) is 5.69 Å². The molecule has 0 aromatic carbocycles. The van der Waals surface area contributed by atoms with Crippen LogP contribution >= 0.6 is 15.9 Å². The van der Waals surface area contributed by atoms with E-state index in [0.29, 0.717) is 6.04 Å². The highest BCUT2D eigenvalue weighted by molar-refractivity contribution is 9.10. The van der Waals surface area contributed by atoms with Crippen molar-refractivity contribution in [3.8, 4) is 5.75 Å². The number of rotatable bonds is 2. The van der Waals surface area contributed by atoms with E-state index in [0.717, 1.165) is 41.6 Å². The van der Waals surface area contributed by atoms with E-state index in [1.54, 1.807) is 7.11 Å². The zero-order chi connectivity index (χ0) is 11.1. The van der Waals surface area contributed by atoms with E-state index in [1.807, 2.05) is 12.3 Å². The van der Waals surface area contributed by atoms with Crippen molar-refractivity contribution >= 4 is 21.6 Å². The molecule has 4 nitrogen and oxygen atoms in total. The van der Waals surface area contributed by atoms with Gasteiger partial charge in [0.05, 0.1) is 19.0 Å². The number of hydrogen-bond donors (Lipinski definition) is 1. The fourth-order valence-corrected chi connectivity index (χ4v) is 2.91. The third kappa shape index (κ3) is 1.50. The van der Waals surface area contributed by atoms with Gasteiger partial charge < -0.3 is 15.0 Å². The number of anilines is 1. The Labute approximate surface area is 103 Å². The smallest absolute Gasteiger partial charge is 0.153 e. The van der Waals surface area contributed by atoms with E-state index in [1.165, 1.54) is 0 Å². The molecule has 86 valence electrons. The van der Waals surface area contributed by atoms with E-state index in [-0.39, 0.29) is 0 Å². The van der Waals surface area contributed by atoms with Gasteiger partial charge in [-0.15, -0.1) is 0 Å². The predicted molar refractivity (Wildman–Crippen MR) is 66.0 cm³/mol. The Morgan fingerprint density at radius 1 is 1.56 bits per heavy atom. The van der Waals surface area contributed by atoms with Gasteiger partial charge >= 0.3 is 0 Å². The maximum absolute atomic E-state index is 5.26. The molecule has 1 aromatic rings. The van der Waals surface area contributed by atoms with E-state index in [2.05, 4.69) is 31.1 Å². The van der Waals surface area contributed by atoms with Crippen molar-refractivity contribution in [2.24, 2.45) is 5.92 Å². The lowest BCUT2D eigenvalue weighted by atomic mass is 9.91. The Morgan fingerprint density at radius 2 is 2.44 bits per heavy atom. The summed E-state index contributed by atoms with van der Waals surface area (Å²) in [5.41, 5.74) is 1.16. The predicted octanol–water partition coefficient (Wildman–Crippen LogP) is 1.26. The highest BCUT2D eigenvalue weighted by Crippen LogP contribution is 2.35. The van der Waals surface area contributed by atoms with E-state index in [9.17, 15) is 0 Å². The van der Waals surface area contributed by atoms with Gasteiger partial charge in [0.15, 0.2) is 5.75 Å². The lowest BCUT2D eigenvalue weighted by Gasteiger charge is -2.45. The van der Waals surface area contributed by atoms with Gasteiger partial charge in [-0.25, -0.2) is 4.98 Å². The summed E-state index contributed by atoms with van der Waals surface area (Å²) < 4.78 is 6.03. The summed E-state index contributed by atoms with van der Waals surface area (Å²) in [5.74, 6) is 1.61. The van der Waals surface area contributed by atoms with Crippen molar-refractivity contribution in [1.82, 2.24) is 10.3 Å². The normalized spacial score (nSPS) is 27.5. The molecule has 2 atom stereocenters. The minimum Gasteiger partial charge on any atom is -0.494 e.